The summed E-state index contributed by atoms with van der Waals surface area (Å²) in [7, 11) is 0. The first-order valence-electron chi connectivity index (χ1n) is 7.83. The molecule has 0 aromatic heterocycles. The van der Waals surface area contributed by atoms with Gasteiger partial charge in [-0.05, 0) is 23.6 Å². The molecule has 1 aliphatic rings. The second-order valence-corrected chi connectivity index (χ2v) is 5.79. The predicted molar refractivity (Wildman–Crippen MR) is 89.0 cm³/mol. The maximum Gasteiger partial charge on any atom is 0.307 e. The maximum atomic E-state index is 13.1. The van der Waals surface area contributed by atoms with Gasteiger partial charge >= 0.3 is 5.97 Å². The summed E-state index contributed by atoms with van der Waals surface area (Å²) in [5.74, 6) is -1.00. The first-order valence-corrected chi connectivity index (χ1v) is 7.83. The molecule has 0 saturated heterocycles. The lowest BCUT2D eigenvalue weighted by Gasteiger charge is -2.25. The number of rotatable bonds is 4. The molecule has 0 spiro atoms. The van der Waals surface area contributed by atoms with E-state index in [1.165, 1.54) is 0 Å². The van der Waals surface area contributed by atoms with Gasteiger partial charge in [0.15, 0.2) is 5.78 Å². The van der Waals surface area contributed by atoms with Crippen molar-refractivity contribution in [3.63, 3.8) is 0 Å². The van der Waals surface area contributed by atoms with E-state index in [0.29, 0.717) is 23.2 Å². The molecular formula is C19H19NO3. The minimum atomic E-state index is -0.925. The maximum absolute atomic E-state index is 13.1. The fourth-order valence-electron chi connectivity index (χ4n) is 3.20. The number of aliphatic carboxylic acids is 1. The van der Waals surface area contributed by atoms with Gasteiger partial charge in [-0.15, -0.1) is 0 Å². The van der Waals surface area contributed by atoms with Crippen LogP contribution in [0.25, 0.3) is 0 Å². The van der Waals surface area contributed by atoms with Crippen molar-refractivity contribution in [2.45, 2.75) is 26.3 Å². The summed E-state index contributed by atoms with van der Waals surface area (Å²) in [4.78, 5) is 26.4. The van der Waals surface area contributed by atoms with E-state index >= 15 is 0 Å². The molecule has 3 rings (SSSR count). The van der Waals surface area contributed by atoms with Gasteiger partial charge in [0.1, 0.15) is 0 Å². The molecule has 4 nitrogen and oxygen atoms in total. The van der Waals surface area contributed by atoms with Crippen LogP contribution >= 0.6 is 0 Å². The lowest BCUT2D eigenvalue weighted by Crippen LogP contribution is -2.24. The lowest BCUT2D eigenvalue weighted by molar-refractivity contribution is -0.136. The highest BCUT2D eigenvalue weighted by molar-refractivity contribution is 6.15. The van der Waals surface area contributed by atoms with Crippen molar-refractivity contribution < 1.29 is 14.7 Å². The molecule has 0 bridgehead atoms. The second-order valence-electron chi connectivity index (χ2n) is 5.79. The summed E-state index contributed by atoms with van der Waals surface area (Å²) in [6.07, 6.45) is 0.815. The zero-order valence-corrected chi connectivity index (χ0v) is 13.1. The van der Waals surface area contributed by atoms with Crippen molar-refractivity contribution in [3.8, 4) is 0 Å². The smallest absolute Gasteiger partial charge is 0.307 e. The Morgan fingerprint density at radius 3 is 2.70 bits per heavy atom. The Labute approximate surface area is 135 Å². The largest absolute Gasteiger partial charge is 0.481 e. The van der Waals surface area contributed by atoms with E-state index in [2.05, 4.69) is 11.8 Å². The van der Waals surface area contributed by atoms with E-state index in [-0.39, 0.29) is 12.2 Å². The number of carboxylic acids is 1. The van der Waals surface area contributed by atoms with Crippen molar-refractivity contribution in [1.82, 2.24) is 0 Å². The summed E-state index contributed by atoms with van der Waals surface area (Å²) in [5.41, 5.74) is 3.62. The molecule has 23 heavy (non-hydrogen) atoms. The van der Waals surface area contributed by atoms with Gasteiger partial charge in [-0.1, -0.05) is 43.3 Å². The van der Waals surface area contributed by atoms with Crippen molar-refractivity contribution in [3.05, 3.63) is 64.7 Å². The molecule has 4 heteroatoms. The molecule has 1 aliphatic heterocycles. The molecular weight excluding hydrogens is 290 g/mol. The number of carboxylic acid groups (broad SMARTS) is 1. The molecule has 0 fully saturated rings. The Kier molecular flexibility index (Phi) is 4.15. The number of hydrogen-bond acceptors (Lipinski definition) is 3. The van der Waals surface area contributed by atoms with Crippen LogP contribution in [-0.2, 0) is 17.8 Å². The highest BCUT2D eigenvalue weighted by Crippen LogP contribution is 2.33. The van der Waals surface area contributed by atoms with Crippen LogP contribution in [0.3, 0.4) is 0 Å². The molecule has 2 aromatic rings. The van der Waals surface area contributed by atoms with Crippen LogP contribution in [0.2, 0.25) is 0 Å². The number of carbonyl (C=O) groups excluding carboxylic acids is 1. The SMILES string of the molecule is CCCN1Cc2ccccc2C(=O)c2c(CC(=O)O)cccc21. The van der Waals surface area contributed by atoms with E-state index in [1.54, 1.807) is 6.07 Å². The number of anilines is 1. The highest BCUT2D eigenvalue weighted by atomic mass is 16.4. The van der Waals surface area contributed by atoms with E-state index in [1.807, 2.05) is 36.4 Å². The molecule has 0 amide bonds. The van der Waals surface area contributed by atoms with Gasteiger partial charge in [0.25, 0.3) is 0 Å². The molecule has 1 heterocycles. The van der Waals surface area contributed by atoms with Gasteiger partial charge in [0, 0.05) is 29.9 Å². The quantitative estimate of drug-likeness (QED) is 0.941. The van der Waals surface area contributed by atoms with Gasteiger partial charge in [-0.2, -0.15) is 0 Å². The molecule has 2 aromatic carbocycles. The zero-order valence-electron chi connectivity index (χ0n) is 13.1. The van der Waals surface area contributed by atoms with Gasteiger partial charge in [-0.25, -0.2) is 0 Å². The van der Waals surface area contributed by atoms with Crippen molar-refractivity contribution >= 4 is 17.4 Å². The van der Waals surface area contributed by atoms with E-state index in [0.717, 1.165) is 24.2 Å². The molecule has 118 valence electrons. The van der Waals surface area contributed by atoms with Crippen LogP contribution in [-0.4, -0.2) is 23.4 Å². The van der Waals surface area contributed by atoms with Crippen LogP contribution < -0.4 is 4.90 Å². The normalized spacial score (nSPS) is 13.3. The summed E-state index contributed by atoms with van der Waals surface area (Å²) in [6, 6.07) is 13.1. The van der Waals surface area contributed by atoms with Crippen LogP contribution in [0.1, 0.15) is 40.4 Å². The predicted octanol–water partition coefficient (Wildman–Crippen LogP) is 3.27. The van der Waals surface area contributed by atoms with Gasteiger partial charge in [-0.3, -0.25) is 9.59 Å². The number of fused-ring (bicyclic) bond motifs is 2. The fraction of sp³-hybridized carbons (Fsp3) is 0.263. The fourth-order valence-corrected chi connectivity index (χ4v) is 3.20. The van der Waals surface area contributed by atoms with Crippen LogP contribution in [0.5, 0.6) is 0 Å². The monoisotopic (exact) mass is 309 g/mol. The van der Waals surface area contributed by atoms with Gasteiger partial charge in [0.05, 0.1) is 6.42 Å². The Balaban J connectivity index is 2.22. The van der Waals surface area contributed by atoms with Crippen molar-refractivity contribution in [2.24, 2.45) is 0 Å². The summed E-state index contributed by atoms with van der Waals surface area (Å²) >= 11 is 0. The third-order valence-electron chi connectivity index (χ3n) is 4.15. The Morgan fingerprint density at radius 2 is 1.96 bits per heavy atom. The summed E-state index contributed by atoms with van der Waals surface area (Å²) < 4.78 is 0. The molecule has 0 radical (unpaired) electrons. The number of carbonyl (C=O) groups is 2. The van der Waals surface area contributed by atoms with E-state index < -0.39 is 5.97 Å². The third kappa shape index (κ3) is 2.84. The molecule has 1 N–H and O–H groups in total. The topological polar surface area (TPSA) is 57.6 Å². The summed E-state index contributed by atoms with van der Waals surface area (Å²) in [5, 5.41) is 9.16. The molecule has 0 unspecified atom stereocenters. The first kappa shape index (κ1) is 15.3. The second kappa shape index (κ2) is 6.24. The minimum absolute atomic E-state index is 0.0777. The zero-order chi connectivity index (χ0) is 16.4. The minimum Gasteiger partial charge on any atom is -0.481 e. The highest BCUT2D eigenvalue weighted by Gasteiger charge is 2.27. The number of benzene rings is 2. The molecule has 0 atom stereocenters. The average Bonchev–Trinajstić information content (AvgIpc) is 2.64. The Morgan fingerprint density at radius 1 is 1.17 bits per heavy atom. The van der Waals surface area contributed by atoms with Crippen molar-refractivity contribution in [2.75, 3.05) is 11.4 Å². The third-order valence-corrected chi connectivity index (χ3v) is 4.15. The average molecular weight is 309 g/mol. The van der Waals surface area contributed by atoms with Crippen LogP contribution in [0, 0.1) is 0 Å². The van der Waals surface area contributed by atoms with Gasteiger partial charge in [0.2, 0.25) is 0 Å². The standard InChI is InChI=1S/C19H19NO3/c1-2-10-20-12-14-6-3-4-8-15(14)19(23)18-13(11-17(21)22)7-5-9-16(18)20/h3-9H,2,10-12H2,1H3,(H,21,22). The van der Waals surface area contributed by atoms with Gasteiger partial charge < -0.3 is 10.0 Å². The Bertz CT molecular complexity index is 767. The van der Waals surface area contributed by atoms with Crippen LogP contribution in [0.4, 0.5) is 5.69 Å². The summed E-state index contributed by atoms with van der Waals surface area (Å²) in [6.45, 7) is 3.59. The lowest BCUT2D eigenvalue weighted by atomic mass is 9.94. The van der Waals surface area contributed by atoms with E-state index in [9.17, 15) is 9.59 Å². The van der Waals surface area contributed by atoms with Crippen LogP contribution in [0.15, 0.2) is 42.5 Å². The van der Waals surface area contributed by atoms with E-state index in [4.69, 9.17) is 5.11 Å². The number of ketones is 1. The first-order chi connectivity index (χ1) is 11.1. The molecule has 0 saturated carbocycles. The Hall–Kier alpha value is -2.62. The number of hydrogen-bond donors (Lipinski definition) is 1. The number of nitrogens with zero attached hydrogens (tertiary/aromatic N) is 1. The van der Waals surface area contributed by atoms with Crippen molar-refractivity contribution in [1.29, 1.82) is 0 Å². The molecule has 0 aliphatic carbocycles.